The number of carbonyl (C=O) groups is 2. The molecule has 1 heterocycles. The normalized spacial score (nSPS) is 15.1. The summed E-state index contributed by atoms with van der Waals surface area (Å²) >= 11 is 0. The van der Waals surface area contributed by atoms with Crippen molar-refractivity contribution in [2.75, 3.05) is 20.3 Å². The highest BCUT2D eigenvalue weighted by Crippen LogP contribution is 2.31. The number of nitrogens with one attached hydrogen (secondary N) is 1. The van der Waals surface area contributed by atoms with E-state index in [-0.39, 0.29) is 13.2 Å². The second kappa shape index (κ2) is 8.76. The molecule has 1 aliphatic heterocycles. The summed E-state index contributed by atoms with van der Waals surface area (Å²) in [6, 6.07) is 12.1. The van der Waals surface area contributed by atoms with Gasteiger partial charge in [-0.1, -0.05) is 12.1 Å². The molecule has 0 saturated carbocycles. The lowest BCUT2D eigenvalue weighted by atomic mass is 10.2. The molecule has 0 radical (unpaired) electrons. The average Bonchev–Trinajstić information content (AvgIpc) is 2.72. The summed E-state index contributed by atoms with van der Waals surface area (Å²) in [6.07, 6.45) is 0.641. The summed E-state index contributed by atoms with van der Waals surface area (Å²) < 4.78 is 21.6. The molecule has 9 nitrogen and oxygen atoms in total. The number of hydrazone groups is 1. The molecular formula is C19H19N3O6. The van der Waals surface area contributed by atoms with Gasteiger partial charge in [0.2, 0.25) is 6.10 Å². The third kappa shape index (κ3) is 4.70. The maximum atomic E-state index is 12.2. The number of hydrogen-bond donors (Lipinski definition) is 2. The van der Waals surface area contributed by atoms with E-state index in [9.17, 15) is 9.59 Å². The van der Waals surface area contributed by atoms with Crippen LogP contribution in [0.3, 0.4) is 0 Å². The standard InChI is InChI=1S/C19H19N3O6/c1-25-16-8-12(6-7-14(16)27-11-18(20)23)9-21-22-19(24)17-10-26-13-4-2-3-5-15(13)28-17/h2-9,17H,10-11H2,1H3,(H2,20,23)(H,22,24)/b21-9-/t17-/m1/s1. The highest BCUT2D eigenvalue weighted by atomic mass is 16.6. The molecule has 2 aromatic rings. The average molecular weight is 385 g/mol. The second-order valence-corrected chi connectivity index (χ2v) is 5.76. The van der Waals surface area contributed by atoms with Crippen LogP contribution in [-0.4, -0.2) is 44.5 Å². The van der Waals surface area contributed by atoms with E-state index >= 15 is 0 Å². The third-order valence-corrected chi connectivity index (χ3v) is 3.75. The first-order valence-corrected chi connectivity index (χ1v) is 8.37. The summed E-state index contributed by atoms with van der Waals surface area (Å²) in [7, 11) is 1.47. The molecule has 1 atom stereocenters. The Kier molecular flexibility index (Phi) is 5.95. The molecule has 0 fully saturated rings. The number of amides is 2. The summed E-state index contributed by atoms with van der Waals surface area (Å²) in [6.45, 7) is -0.162. The summed E-state index contributed by atoms with van der Waals surface area (Å²) in [5, 5.41) is 3.92. The van der Waals surface area contributed by atoms with Crippen molar-refractivity contribution in [1.82, 2.24) is 5.43 Å². The Morgan fingerprint density at radius 3 is 2.79 bits per heavy atom. The number of benzene rings is 2. The van der Waals surface area contributed by atoms with Gasteiger partial charge in [-0.05, 0) is 35.9 Å². The zero-order chi connectivity index (χ0) is 19.9. The van der Waals surface area contributed by atoms with Crippen LogP contribution in [0, 0.1) is 0 Å². The number of nitrogens with zero attached hydrogens (tertiary/aromatic N) is 1. The van der Waals surface area contributed by atoms with E-state index in [0.717, 1.165) is 0 Å². The van der Waals surface area contributed by atoms with Crippen molar-refractivity contribution in [2.45, 2.75) is 6.10 Å². The molecule has 0 aliphatic carbocycles. The van der Waals surface area contributed by atoms with E-state index in [0.29, 0.717) is 28.6 Å². The number of para-hydroxylation sites is 2. The Balaban J connectivity index is 1.58. The van der Waals surface area contributed by atoms with Crippen molar-refractivity contribution in [3.05, 3.63) is 48.0 Å². The van der Waals surface area contributed by atoms with Crippen molar-refractivity contribution in [3.8, 4) is 23.0 Å². The van der Waals surface area contributed by atoms with E-state index < -0.39 is 17.9 Å². The van der Waals surface area contributed by atoms with Gasteiger partial charge < -0.3 is 24.7 Å². The van der Waals surface area contributed by atoms with Crippen molar-refractivity contribution in [1.29, 1.82) is 0 Å². The highest BCUT2D eigenvalue weighted by Gasteiger charge is 2.26. The van der Waals surface area contributed by atoms with E-state index in [2.05, 4.69) is 10.5 Å². The van der Waals surface area contributed by atoms with Gasteiger partial charge in [0.25, 0.3) is 11.8 Å². The lowest BCUT2D eigenvalue weighted by Crippen LogP contribution is -2.42. The highest BCUT2D eigenvalue weighted by molar-refractivity contribution is 5.85. The largest absolute Gasteiger partial charge is 0.493 e. The van der Waals surface area contributed by atoms with Crippen LogP contribution in [-0.2, 0) is 9.59 Å². The zero-order valence-electron chi connectivity index (χ0n) is 15.1. The van der Waals surface area contributed by atoms with Crippen LogP contribution >= 0.6 is 0 Å². The molecule has 2 amide bonds. The maximum Gasteiger partial charge on any atom is 0.284 e. The number of ether oxygens (including phenoxy) is 4. The number of fused-ring (bicyclic) bond motifs is 1. The SMILES string of the molecule is COc1cc(/C=N\NC(=O)[C@H]2COc3ccccc3O2)ccc1OCC(N)=O. The van der Waals surface area contributed by atoms with Crippen LogP contribution in [0.25, 0.3) is 0 Å². The quantitative estimate of drug-likeness (QED) is 0.538. The van der Waals surface area contributed by atoms with E-state index in [1.54, 1.807) is 36.4 Å². The van der Waals surface area contributed by atoms with Crippen LogP contribution in [0.15, 0.2) is 47.6 Å². The Morgan fingerprint density at radius 1 is 1.25 bits per heavy atom. The van der Waals surface area contributed by atoms with Crippen molar-refractivity contribution in [3.63, 3.8) is 0 Å². The van der Waals surface area contributed by atoms with Gasteiger partial charge >= 0.3 is 0 Å². The van der Waals surface area contributed by atoms with Crippen LogP contribution in [0.1, 0.15) is 5.56 Å². The molecule has 0 aromatic heterocycles. The molecule has 0 spiro atoms. The zero-order valence-corrected chi connectivity index (χ0v) is 15.1. The van der Waals surface area contributed by atoms with Gasteiger partial charge in [0.05, 0.1) is 13.3 Å². The van der Waals surface area contributed by atoms with Crippen molar-refractivity contribution < 1.29 is 28.5 Å². The van der Waals surface area contributed by atoms with Crippen molar-refractivity contribution >= 4 is 18.0 Å². The van der Waals surface area contributed by atoms with Gasteiger partial charge in [-0.15, -0.1) is 0 Å². The molecule has 3 N–H and O–H groups in total. The first-order valence-electron chi connectivity index (χ1n) is 8.37. The maximum absolute atomic E-state index is 12.2. The minimum absolute atomic E-state index is 0.0953. The van der Waals surface area contributed by atoms with E-state index in [1.807, 2.05) is 6.07 Å². The predicted octanol–water partition coefficient (Wildman–Crippen LogP) is 0.849. The molecule has 2 aromatic carbocycles. The van der Waals surface area contributed by atoms with Gasteiger partial charge in [-0.3, -0.25) is 9.59 Å². The predicted molar refractivity (Wildman–Crippen MR) is 99.8 cm³/mol. The number of primary amides is 1. The van der Waals surface area contributed by atoms with Crippen LogP contribution < -0.4 is 30.1 Å². The topological polar surface area (TPSA) is 121 Å². The lowest BCUT2D eigenvalue weighted by Gasteiger charge is -2.24. The van der Waals surface area contributed by atoms with E-state index in [4.69, 9.17) is 24.7 Å². The monoisotopic (exact) mass is 385 g/mol. The smallest absolute Gasteiger partial charge is 0.284 e. The number of hydrogen-bond acceptors (Lipinski definition) is 7. The fraction of sp³-hybridized carbons (Fsp3) is 0.211. The molecule has 3 rings (SSSR count). The molecule has 0 unspecified atom stereocenters. The summed E-state index contributed by atoms with van der Waals surface area (Å²) in [5.41, 5.74) is 8.12. The second-order valence-electron chi connectivity index (χ2n) is 5.76. The van der Waals surface area contributed by atoms with Gasteiger partial charge in [0.1, 0.15) is 6.61 Å². The fourth-order valence-corrected chi connectivity index (χ4v) is 2.42. The Morgan fingerprint density at radius 2 is 2.04 bits per heavy atom. The molecular weight excluding hydrogens is 366 g/mol. The summed E-state index contributed by atoms with van der Waals surface area (Å²) in [4.78, 5) is 23.0. The molecule has 9 heteroatoms. The van der Waals surface area contributed by atoms with Gasteiger partial charge in [0, 0.05) is 0 Å². The lowest BCUT2D eigenvalue weighted by molar-refractivity contribution is -0.130. The molecule has 146 valence electrons. The van der Waals surface area contributed by atoms with E-state index in [1.165, 1.54) is 13.3 Å². The Hall–Kier alpha value is -3.75. The number of methoxy groups -OCH3 is 1. The third-order valence-electron chi connectivity index (χ3n) is 3.75. The van der Waals surface area contributed by atoms with Crippen molar-refractivity contribution in [2.24, 2.45) is 10.8 Å². The number of rotatable bonds is 7. The Bertz CT molecular complexity index is 899. The van der Waals surface area contributed by atoms with Gasteiger partial charge in [-0.25, -0.2) is 5.43 Å². The van der Waals surface area contributed by atoms with Gasteiger partial charge in [0.15, 0.2) is 29.6 Å². The van der Waals surface area contributed by atoms with Crippen LogP contribution in [0.4, 0.5) is 0 Å². The minimum atomic E-state index is -0.800. The van der Waals surface area contributed by atoms with Crippen LogP contribution in [0.5, 0.6) is 23.0 Å². The fourth-order valence-electron chi connectivity index (χ4n) is 2.42. The number of carbonyl (C=O) groups excluding carboxylic acids is 2. The minimum Gasteiger partial charge on any atom is -0.493 e. The molecule has 0 saturated heterocycles. The molecule has 28 heavy (non-hydrogen) atoms. The Labute approximate surface area is 161 Å². The first kappa shape index (κ1) is 19.0. The first-order chi connectivity index (χ1) is 13.6. The van der Waals surface area contributed by atoms with Crippen LogP contribution in [0.2, 0.25) is 0 Å². The molecule has 1 aliphatic rings. The molecule has 0 bridgehead atoms. The van der Waals surface area contributed by atoms with Gasteiger partial charge in [-0.2, -0.15) is 5.10 Å². The summed E-state index contributed by atoms with van der Waals surface area (Å²) in [5.74, 6) is 0.854. The number of nitrogens with two attached hydrogens (primary N) is 1.